The van der Waals surface area contributed by atoms with Gasteiger partial charge in [-0.1, -0.05) is 37.6 Å². The van der Waals surface area contributed by atoms with Gasteiger partial charge in [-0.05, 0) is 86.7 Å². The second-order valence-electron chi connectivity index (χ2n) is 8.22. The number of allylic oxidation sites excluding steroid dienone is 3. The van der Waals surface area contributed by atoms with Crippen molar-refractivity contribution in [3.63, 3.8) is 0 Å². The number of aryl methyl sites for hydroxylation is 1. The van der Waals surface area contributed by atoms with Gasteiger partial charge in [0.15, 0.2) is 11.6 Å². The zero-order chi connectivity index (χ0) is 18.5. The molecule has 3 rings (SSSR count). The van der Waals surface area contributed by atoms with Crippen LogP contribution >= 0.6 is 0 Å². The number of hydrogen-bond acceptors (Lipinski definition) is 0. The van der Waals surface area contributed by atoms with Crippen LogP contribution in [0, 0.1) is 29.4 Å². The van der Waals surface area contributed by atoms with Crippen molar-refractivity contribution in [1.29, 1.82) is 0 Å². The molecule has 1 aromatic carbocycles. The summed E-state index contributed by atoms with van der Waals surface area (Å²) in [5.74, 6) is 1.00. The van der Waals surface area contributed by atoms with Crippen LogP contribution in [0.15, 0.2) is 30.9 Å². The van der Waals surface area contributed by atoms with Crippen molar-refractivity contribution < 1.29 is 8.78 Å². The van der Waals surface area contributed by atoms with E-state index in [1.54, 1.807) is 12.1 Å². The molecule has 1 saturated carbocycles. The van der Waals surface area contributed by atoms with Crippen LogP contribution < -0.4 is 0 Å². The molecule has 1 atom stereocenters. The highest BCUT2D eigenvalue weighted by Crippen LogP contribution is 2.37. The molecule has 0 heterocycles. The Labute approximate surface area is 157 Å². The largest absolute Gasteiger partial charge is 0.203 e. The molecule has 1 aromatic rings. The molecule has 0 aliphatic heterocycles. The van der Waals surface area contributed by atoms with E-state index in [2.05, 4.69) is 18.7 Å². The SMILES string of the molecule is C=CC1CCC(CCC2CC=C(c3ccc(CC)c(F)c3F)CC2)CC1. The van der Waals surface area contributed by atoms with E-state index < -0.39 is 11.6 Å². The van der Waals surface area contributed by atoms with Gasteiger partial charge in [-0.15, -0.1) is 6.58 Å². The first-order valence-corrected chi connectivity index (χ1v) is 10.4. The molecule has 2 heteroatoms. The van der Waals surface area contributed by atoms with Crippen molar-refractivity contribution in [3.05, 3.63) is 53.6 Å². The minimum atomic E-state index is -0.664. The Morgan fingerprint density at radius 2 is 1.73 bits per heavy atom. The first kappa shape index (κ1) is 19.3. The average molecular weight is 359 g/mol. The molecule has 2 aliphatic rings. The van der Waals surface area contributed by atoms with Crippen LogP contribution in [-0.2, 0) is 6.42 Å². The van der Waals surface area contributed by atoms with Gasteiger partial charge in [0, 0.05) is 5.56 Å². The van der Waals surface area contributed by atoms with E-state index in [1.165, 1.54) is 38.5 Å². The third-order valence-electron chi connectivity index (χ3n) is 6.62. The van der Waals surface area contributed by atoms with Gasteiger partial charge < -0.3 is 0 Å². The molecular weight excluding hydrogens is 326 g/mol. The van der Waals surface area contributed by atoms with E-state index in [9.17, 15) is 8.78 Å². The molecule has 1 fully saturated rings. The molecule has 26 heavy (non-hydrogen) atoms. The van der Waals surface area contributed by atoms with E-state index in [0.29, 0.717) is 23.5 Å². The van der Waals surface area contributed by atoms with Gasteiger partial charge in [0.05, 0.1) is 0 Å². The molecule has 0 bridgehead atoms. The lowest BCUT2D eigenvalue weighted by molar-refractivity contribution is 0.271. The summed E-state index contributed by atoms with van der Waals surface area (Å²) in [5.41, 5.74) is 1.93. The minimum Gasteiger partial charge on any atom is -0.203 e. The molecule has 0 amide bonds. The molecule has 1 unspecified atom stereocenters. The minimum absolute atomic E-state index is 0.465. The van der Waals surface area contributed by atoms with Crippen LogP contribution in [0.5, 0.6) is 0 Å². The molecule has 0 aromatic heterocycles. The lowest BCUT2D eigenvalue weighted by Gasteiger charge is -2.29. The molecule has 0 radical (unpaired) electrons. The Morgan fingerprint density at radius 1 is 1.00 bits per heavy atom. The van der Waals surface area contributed by atoms with Gasteiger partial charge in [-0.2, -0.15) is 0 Å². The highest BCUT2D eigenvalue weighted by molar-refractivity contribution is 5.67. The van der Waals surface area contributed by atoms with Crippen LogP contribution in [0.2, 0.25) is 0 Å². The fraction of sp³-hybridized carbons (Fsp3) is 0.583. The highest BCUT2D eigenvalue weighted by Gasteiger charge is 2.23. The van der Waals surface area contributed by atoms with Crippen LogP contribution in [0.1, 0.15) is 75.8 Å². The number of hydrogen-bond donors (Lipinski definition) is 0. The summed E-state index contributed by atoms with van der Waals surface area (Å²) < 4.78 is 28.4. The maximum absolute atomic E-state index is 14.4. The predicted octanol–water partition coefficient (Wildman–Crippen LogP) is 7.48. The quantitative estimate of drug-likeness (QED) is 0.462. The smallest absolute Gasteiger partial charge is 0.166 e. The van der Waals surface area contributed by atoms with Gasteiger partial charge in [-0.3, -0.25) is 0 Å². The van der Waals surface area contributed by atoms with Crippen molar-refractivity contribution in [2.45, 2.75) is 71.1 Å². The summed E-state index contributed by atoms with van der Waals surface area (Å²) in [6.07, 6.45) is 15.7. The molecule has 0 N–H and O–H groups in total. The van der Waals surface area contributed by atoms with E-state index in [4.69, 9.17) is 0 Å². The summed E-state index contributed by atoms with van der Waals surface area (Å²) in [6, 6.07) is 3.50. The van der Waals surface area contributed by atoms with Gasteiger partial charge in [0.25, 0.3) is 0 Å². The molecule has 142 valence electrons. The zero-order valence-corrected chi connectivity index (χ0v) is 16.1. The fourth-order valence-electron chi connectivity index (χ4n) is 4.69. The maximum Gasteiger partial charge on any atom is 0.166 e. The van der Waals surface area contributed by atoms with Gasteiger partial charge >= 0.3 is 0 Å². The summed E-state index contributed by atoms with van der Waals surface area (Å²) in [7, 11) is 0. The first-order chi connectivity index (χ1) is 12.6. The van der Waals surface area contributed by atoms with Gasteiger partial charge in [0.1, 0.15) is 0 Å². The van der Waals surface area contributed by atoms with Crippen LogP contribution in [0.4, 0.5) is 8.78 Å². The van der Waals surface area contributed by atoms with Crippen LogP contribution in [0.3, 0.4) is 0 Å². The number of rotatable bonds is 6. The summed E-state index contributed by atoms with van der Waals surface area (Å²) in [4.78, 5) is 0. The summed E-state index contributed by atoms with van der Waals surface area (Å²) in [5, 5.41) is 0. The second kappa shape index (κ2) is 8.97. The van der Waals surface area contributed by atoms with Crippen molar-refractivity contribution in [2.24, 2.45) is 17.8 Å². The van der Waals surface area contributed by atoms with Crippen molar-refractivity contribution in [2.75, 3.05) is 0 Å². The topological polar surface area (TPSA) is 0 Å². The number of benzene rings is 1. The summed E-state index contributed by atoms with van der Waals surface area (Å²) in [6.45, 7) is 5.78. The Hall–Kier alpha value is -1.44. The highest BCUT2D eigenvalue weighted by atomic mass is 19.2. The van der Waals surface area contributed by atoms with E-state index in [0.717, 1.165) is 36.7 Å². The zero-order valence-electron chi connectivity index (χ0n) is 16.1. The van der Waals surface area contributed by atoms with Crippen molar-refractivity contribution in [1.82, 2.24) is 0 Å². The molecule has 0 nitrogen and oxygen atoms in total. The third-order valence-corrected chi connectivity index (χ3v) is 6.62. The Bertz CT molecular complexity index is 650. The molecule has 2 aliphatic carbocycles. The van der Waals surface area contributed by atoms with E-state index >= 15 is 0 Å². The standard InChI is InChI=1S/C24H32F2/c1-3-17-5-7-18(8-6-17)9-10-19-11-13-21(14-12-19)22-16-15-20(4-2)23(25)24(22)26/h3,13,15-19H,1,4-12,14H2,2H3. The Morgan fingerprint density at radius 3 is 2.35 bits per heavy atom. The number of halogens is 2. The van der Waals surface area contributed by atoms with Crippen LogP contribution in [-0.4, -0.2) is 0 Å². The average Bonchev–Trinajstić information content (AvgIpc) is 2.69. The third kappa shape index (κ3) is 4.45. The second-order valence-corrected chi connectivity index (χ2v) is 8.22. The monoisotopic (exact) mass is 358 g/mol. The Kier molecular flexibility index (Phi) is 6.67. The molecule has 0 spiro atoms. The first-order valence-electron chi connectivity index (χ1n) is 10.4. The summed E-state index contributed by atoms with van der Waals surface area (Å²) >= 11 is 0. The van der Waals surface area contributed by atoms with Crippen LogP contribution in [0.25, 0.3) is 5.57 Å². The molecular formula is C24H32F2. The van der Waals surface area contributed by atoms with Gasteiger partial charge in [0.2, 0.25) is 0 Å². The fourth-order valence-corrected chi connectivity index (χ4v) is 4.69. The van der Waals surface area contributed by atoms with Crippen molar-refractivity contribution in [3.8, 4) is 0 Å². The normalized spacial score (nSPS) is 26.4. The Balaban J connectivity index is 1.52. The van der Waals surface area contributed by atoms with Crippen molar-refractivity contribution >= 4 is 5.57 Å². The molecule has 0 saturated heterocycles. The lowest BCUT2D eigenvalue weighted by Crippen LogP contribution is -2.15. The van der Waals surface area contributed by atoms with E-state index in [1.807, 2.05) is 6.92 Å². The van der Waals surface area contributed by atoms with Gasteiger partial charge in [-0.25, -0.2) is 8.78 Å². The lowest BCUT2D eigenvalue weighted by atomic mass is 9.77. The maximum atomic E-state index is 14.4. The predicted molar refractivity (Wildman–Crippen MR) is 106 cm³/mol. The van der Waals surface area contributed by atoms with E-state index in [-0.39, 0.29) is 0 Å².